The van der Waals surface area contributed by atoms with Crippen molar-refractivity contribution in [3.63, 3.8) is 0 Å². The Hall–Kier alpha value is -2.29. The first-order valence-corrected chi connectivity index (χ1v) is 7.48. The predicted molar refractivity (Wildman–Crippen MR) is 92.6 cm³/mol. The minimum absolute atomic E-state index is 0.104. The highest BCUT2D eigenvalue weighted by molar-refractivity contribution is 5.85. The van der Waals surface area contributed by atoms with Gasteiger partial charge in [-0.05, 0) is 27.3 Å². The van der Waals surface area contributed by atoms with Crippen LogP contribution in [0.15, 0.2) is 59.7 Å². The molecule has 0 unspecified atom stereocenters. The molecule has 0 fully saturated rings. The Morgan fingerprint density at radius 3 is 2.77 bits per heavy atom. The van der Waals surface area contributed by atoms with Crippen LogP contribution in [0, 0.1) is 5.41 Å². The Morgan fingerprint density at radius 1 is 1.18 bits per heavy atom. The Kier molecular flexibility index (Phi) is 5.59. The second-order valence-electron chi connectivity index (χ2n) is 6.05. The number of hydrogen-bond acceptors (Lipinski definition) is 2. The first-order valence-electron chi connectivity index (χ1n) is 7.48. The fourth-order valence-corrected chi connectivity index (χ4v) is 2.38. The zero-order valence-corrected chi connectivity index (χ0v) is 13.2. The maximum atomic E-state index is 8.37. The second kappa shape index (κ2) is 7.64. The Balaban J connectivity index is 1.89. The van der Waals surface area contributed by atoms with Crippen molar-refractivity contribution in [3.8, 4) is 0 Å². The van der Waals surface area contributed by atoms with E-state index in [1.807, 2.05) is 0 Å². The highest BCUT2D eigenvalue weighted by Crippen LogP contribution is 2.19. The van der Waals surface area contributed by atoms with Crippen LogP contribution in [0.4, 0.5) is 0 Å². The monoisotopic (exact) mass is 294 g/mol. The van der Waals surface area contributed by atoms with Crippen molar-refractivity contribution in [2.75, 3.05) is 13.1 Å². The lowest BCUT2D eigenvalue weighted by Crippen LogP contribution is -2.15. The summed E-state index contributed by atoms with van der Waals surface area (Å²) in [5, 5.41) is 9.63. The van der Waals surface area contributed by atoms with Gasteiger partial charge in [0.1, 0.15) is 0 Å². The first kappa shape index (κ1) is 16.1. The van der Waals surface area contributed by atoms with Gasteiger partial charge in [0.25, 0.3) is 0 Å². The van der Waals surface area contributed by atoms with E-state index in [4.69, 9.17) is 5.53 Å². The molecule has 0 aromatic heterocycles. The third-order valence-electron chi connectivity index (χ3n) is 3.57. The first-order chi connectivity index (χ1) is 10.6. The molecule has 2 aromatic carbocycles. The van der Waals surface area contributed by atoms with Gasteiger partial charge in [-0.15, -0.1) is 0 Å². The van der Waals surface area contributed by atoms with E-state index in [0.29, 0.717) is 6.54 Å². The molecule has 0 bridgehead atoms. The summed E-state index contributed by atoms with van der Waals surface area (Å²) in [6, 6.07) is 14.8. The molecule has 0 radical (unpaired) electrons. The highest BCUT2D eigenvalue weighted by Gasteiger charge is 2.11. The van der Waals surface area contributed by atoms with Gasteiger partial charge in [0.05, 0.1) is 0 Å². The van der Waals surface area contributed by atoms with Crippen LogP contribution in [-0.4, -0.2) is 13.1 Å². The molecule has 114 valence electrons. The van der Waals surface area contributed by atoms with Gasteiger partial charge in [-0.1, -0.05) is 73.6 Å². The molecule has 1 N–H and O–H groups in total. The van der Waals surface area contributed by atoms with Gasteiger partial charge < -0.3 is 5.32 Å². The average Bonchev–Trinajstić information content (AvgIpc) is 2.53. The molecule has 2 rings (SSSR count). The Bertz CT molecular complexity index is 692. The van der Waals surface area contributed by atoms with Crippen LogP contribution in [0.3, 0.4) is 0 Å². The smallest absolute Gasteiger partial charge is 0.0343 e. The quantitative estimate of drug-likeness (QED) is 0.257. The predicted octanol–water partition coefficient (Wildman–Crippen LogP) is 4.82. The van der Waals surface area contributed by atoms with Gasteiger partial charge in [0.2, 0.25) is 0 Å². The highest BCUT2D eigenvalue weighted by atomic mass is 15.1. The van der Waals surface area contributed by atoms with Crippen molar-refractivity contribution in [3.05, 3.63) is 70.6 Å². The largest absolute Gasteiger partial charge is 0.309 e. The van der Waals surface area contributed by atoms with E-state index in [0.717, 1.165) is 13.1 Å². The van der Waals surface area contributed by atoms with Crippen LogP contribution < -0.4 is 5.32 Å². The molecule has 0 aliphatic heterocycles. The molecule has 0 aliphatic rings. The molecule has 0 atom stereocenters. The van der Waals surface area contributed by atoms with Crippen LogP contribution in [0.2, 0.25) is 0 Å². The number of nitrogens with zero attached hydrogens (tertiary/aromatic N) is 3. The van der Waals surface area contributed by atoms with Gasteiger partial charge >= 0.3 is 0 Å². The fraction of sp³-hybridized carbons (Fsp3) is 0.333. The Morgan fingerprint density at radius 2 is 1.95 bits per heavy atom. The van der Waals surface area contributed by atoms with Crippen LogP contribution in [-0.2, 0) is 6.54 Å². The number of benzene rings is 2. The topological polar surface area (TPSA) is 60.8 Å². The summed E-state index contributed by atoms with van der Waals surface area (Å²) in [7, 11) is 0. The van der Waals surface area contributed by atoms with Crippen LogP contribution in [0.1, 0.15) is 19.4 Å². The normalized spacial score (nSPS) is 11.7. The maximum absolute atomic E-state index is 8.37. The number of azide groups is 1. The van der Waals surface area contributed by atoms with E-state index < -0.39 is 0 Å². The number of nitrogens with one attached hydrogen (secondary N) is 1. The van der Waals surface area contributed by atoms with Gasteiger partial charge in [0, 0.05) is 24.5 Å². The maximum Gasteiger partial charge on any atom is 0.0343 e. The van der Waals surface area contributed by atoms with Crippen LogP contribution >= 0.6 is 0 Å². The lowest BCUT2D eigenvalue weighted by Gasteiger charge is -2.16. The van der Waals surface area contributed by atoms with Crippen LogP contribution in [0.5, 0.6) is 0 Å². The molecule has 0 aliphatic carbocycles. The minimum atomic E-state index is -0.104. The molecule has 0 spiro atoms. The molecule has 0 saturated carbocycles. The summed E-state index contributed by atoms with van der Waals surface area (Å²) in [6.45, 7) is 6.22. The van der Waals surface area contributed by atoms with E-state index in [-0.39, 0.29) is 5.41 Å². The molecule has 2 aromatic rings. The van der Waals surface area contributed by atoms with Crippen molar-refractivity contribution in [2.24, 2.45) is 10.5 Å². The third-order valence-corrected chi connectivity index (χ3v) is 3.57. The molecular formula is C18H22N4. The van der Waals surface area contributed by atoms with Gasteiger partial charge in [-0.3, -0.25) is 0 Å². The fourth-order valence-electron chi connectivity index (χ4n) is 2.38. The standard InChI is InChI=1S/C18H22N4/c1-18(2,14-21-22-19)11-6-12-20-13-16-9-5-8-15-7-3-4-10-17(15)16/h3-11,20H,12-14H2,1-2H3/b11-6+. The van der Waals surface area contributed by atoms with Crippen molar-refractivity contribution >= 4 is 10.8 Å². The number of fused-ring (bicyclic) bond motifs is 1. The van der Waals surface area contributed by atoms with Gasteiger partial charge in [0.15, 0.2) is 0 Å². The summed E-state index contributed by atoms with van der Waals surface area (Å²) in [5.41, 5.74) is 9.58. The summed E-state index contributed by atoms with van der Waals surface area (Å²) < 4.78 is 0. The van der Waals surface area contributed by atoms with Gasteiger partial charge in [-0.2, -0.15) is 0 Å². The van der Waals surface area contributed by atoms with Crippen molar-refractivity contribution in [1.29, 1.82) is 0 Å². The molecule has 4 heteroatoms. The zero-order valence-electron chi connectivity index (χ0n) is 13.2. The van der Waals surface area contributed by atoms with Crippen molar-refractivity contribution < 1.29 is 0 Å². The molecule has 0 amide bonds. The number of rotatable bonds is 7. The van der Waals surface area contributed by atoms with Crippen LogP contribution in [0.25, 0.3) is 21.2 Å². The number of hydrogen-bond donors (Lipinski definition) is 1. The summed E-state index contributed by atoms with van der Waals surface area (Å²) in [4.78, 5) is 2.81. The van der Waals surface area contributed by atoms with E-state index in [9.17, 15) is 0 Å². The average molecular weight is 294 g/mol. The second-order valence-corrected chi connectivity index (χ2v) is 6.05. The van der Waals surface area contributed by atoms with Crippen molar-refractivity contribution in [1.82, 2.24) is 5.32 Å². The molecule has 0 saturated heterocycles. The molecule has 0 heterocycles. The van der Waals surface area contributed by atoms with E-state index in [1.54, 1.807) is 0 Å². The van der Waals surface area contributed by atoms with E-state index >= 15 is 0 Å². The molecular weight excluding hydrogens is 272 g/mol. The summed E-state index contributed by atoms with van der Waals surface area (Å²) >= 11 is 0. The third kappa shape index (κ3) is 4.62. The SMILES string of the molecule is CC(C)(/C=C/CNCc1cccc2ccccc12)CN=[N+]=[N-]. The van der Waals surface area contributed by atoms with Crippen molar-refractivity contribution in [2.45, 2.75) is 20.4 Å². The lowest BCUT2D eigenvalue weighted by atomic mass is 9.93. The Labute approximate surface area is 131 Å². The minimum Gasteiger partial charge on any atom is -0.309 e. The lowest BCUT2D eigenvalue weighted by molar-refractivity contribution is 0.492. The molecule has 4 nitrogen and oxygen atoms in total. The summed E-state index contributed by atoms with van der Waals surface area (Å²) in [5.74, 6) is 0. The van der Waals surface area contributed by atoms with E-state index in [2.05, 4.69) is 83.8 Å². The molecule has 22 heavy (non-hydrogen) atoms. The van der Waals surface area contributed by atoms with E-state index in [1.165, 1.54) is 16.3 Å². The summed E-state index contributed by atoms with van der Waals surface area (Å²) in [6.07, 6.45) is 4.19. The van der Waals surface area contributed by atoms with Gasteiger partial charge in [-0.25, -0.2) is 0 Å². The zero-order chi connectivity index (χ0) is 15.8.